The molecular formula is C13H20BrClN2O3S. The first-order chi connectivity index (χ1) is 9.48. The number of benzene rings is 1. The summed E-state index contributed by atoms with van der Waals surface area (Å²) in [6.07, 6.45) is 1.85. The number of sulfonamides is 1. The molecule has 1 unspecified atom stereocenters. The van der Waals surface area contributed by atoms with Crippen LogP contribution in [0.3, 0.4) is 0 Å². The molecule has 5 nitrogen and oxygen atoms in total. The fraction of sp³-hybridized carbons (Fsp3) is 0.538. The summed E-state index contributed by atoms with van der Waals surface area (Å²) >= 11 is 3.32. The van der Waals surface area contributed by atoms with Crippen LogP contribution in [0.15, 0.2) is 27.6 Å². The fourth-order valence-corrected chi connectivity index (χ4v) is 4.67. The molecule has 2 N–H and O–H groups in total. The second-order valence-corrected chi connectivity index (χ2v) is 7.70. The lowest BCUT2D eigenvalue weighted by atomic mass is 10.0. The summed E-state index contributed by atoms with van der Waals surface area (Å²) in [5.74, 6) is 0.864. The maximum Gasteiger partial charge on any atom is 0.243 e. The summed E-state index contributed by atoms with van der Waals surface area (Å²) < 4.78 is 32.5. The Morgan fingerprint density at radius 2 is 2.19 bits per heavy atom. The van der Waals surface area contributed by atoms with E-state index in [1.165, 1.54) is 4.31 Å². The Labute approximate surface area is 140 Å². The maximum absolute atomic E-state index is 12.6. The minimum absolute atomic E-state index is 0. The lowest BCUT2D eigenvalue weighted by molar-refractivity contribution is 0.271. The van der Waals surface area contributed by atoms with E-state index in [1.54, 1.807) is 25.3 Å². The number of nitrogens with zero attached hydrogens (tertiary/aromatic N) is 1. The Bertz CT molecular complexity index is 583. The zero-order valence-electron chi connectivity index (χ0n) is 11.8. The van der Waals surface area contributed by atoms with E-state index in [2.05, 4.69) is 15.9 Å². The van der Waals surface area contributed by atoms with E-state index in [0.717, 1.165) is 12.8 Å². The lowest BCUT2D eigenvalue weighted by Gasteiger charge is -2.31. The van der Waals surface area contributed by atoms with E-state index in [-0.39, 0.29) is 23.2 Å². The van der Waals surface area contributed by atoms with Crippen molar-refractivity contribution in [3.8, 4) is 5.75 Å². The highest BCUT2D eigenvalue weighted by atomic mass is 79.9. The number of ether oxygens (including phenoxy) is 1. The summed E-state index contributed by atoms with van der Waals surface area (Å²) in [5.41, 5.74) is 5.66. The molecule has 1 aromatic rings. The van der Waals surface area contributed by atoms with Crippen molar-refractivity contribution >= 4 is 38.4 Å². The van der Waals surface area contributed by atoms with E-state index < -0.39 is 10.0 Å². The van der Waals surface area contributed by atoms with Crippen LogP contribution >= 0.6 is 28.3 Å². The number of nitrogens with two attached hydrogens (primary N) is 1. The minimum Gasteiger partial charge on any atom is -0.496 e. The van der Waals surface area contributed by atoms with Gasteiger partial charge in [0.1, 0.15) is 5.75 Å². The molecule has 1 saturated heterocycles. The Kier molecular flexibility index (Phi) is 6.93. The lowest BCUT2D eigenvalue weighted by Crippen LogP contribution is -2.41. The first-order valence-electron chi connectivity index (χ1n) is 6.52. The molecular weight excluding hydrogens is 380 g/mol. The van der Waals surface area contributed by atoms with Crippen LogP contribution in [-0.2, 0) is 10.0 Å². The Balaban J connectivity index is 0.00000220. The second-order valence-electron chi connectivity index (χ2n) is 4.90. The molecule has 0 saturated carbocycles. The number of halogens is 2. The van der Waals surface area contributed by atoms with Gasteiger partial charge >= 0.3 is 0 Å². The van der Waals surface area contributed by atoms with Gasteiger partial charge in [0.25, 0.3) is 0 Å². The number of methoxy groups -OCH3 is 1. The molecule has 1 aliphatic rings. The van der Waals surface area contributed by atoms with Crippen molar-refractivity contribution in [1.82, 2.24) is 4.31 Å². The molecule has 21 heavy (non-hydrogen) atoms. The van der Waals surface area contributed by atoms with E-state index in [9.17, 15) is 8.42 Å². The molecule has 1 atom stereocenters. The van der Waals surface area contributed by atoms with Crippen molar-refractivity contribution in [3.05, 3.63) is 22.7 Å². The number of rotatable bonds is 4. The number of hydrogen-bond acceptors (Lipinski definition) is 4. The highest BCUT2D eigenvalue weighted by Crippen LogP contribution is 2.30. The molecule has 120 valence electrons. The zero-order chi connectivity index (χ0) is 14.8. The average Bonchev–Trinajstić information content (AvgIpc) is 2.47. The van der Waals surface area contributed by atoms with Crippen molar-refractivity contribution < 1.29 is 13.2 Å². The van der Waals surface area contributed by atoms with Gasteiger partial charge in [-0.2, -0.15) is 4.31 Å². The van der Waals surface area contributed by atoms with Gasteiger partial charge < -0.3 is 10.5 Å². The van der Waals surface area contributed by atoms with Gasteiger partial charge in [0.15, 0.2) is 0 Å². The molecule has 1 aromatic carbocycles. The van der Waals surface area contributed by atoms with Crippen LogP contribution in [-0.4, -0.2) is 39.5 Å². The molecule has 1 aliphatic heterocycles. The predicted octanol–water partition coefficient (Wildman–Crippen LogP) is 2.24. The summed E-state index contributed by atoms with van der Waals surface area (Å²) in [5, 5.41) is 0. The first-order valence-corrected chi connectivity index (χ1v) is 8.76. The van der Waals surface area contributed by atoms with Gasteiger partial charge in [-0.15, -0.1) is 12.4 Å². The quantitative estimate of drug-likeness (QED) is 0.843. The molecule has 0 aromatic heterocycles. The van der Waals surface area contributed by atoms with Crippen molar-refractivity contribution in [2.45, 2.75) is 17.7 Å². The molecule has 1 fully saturated rings. The number of hydrogen-bond donors (Lipinski definition) is 1. The van der Waals surface area contributed by atoms with E-state index in [1.807, 2.05) is 0 Å². The third-order valence-electron chi connectivity index (χ3n) is 3.58. The summed E-state index contributed by atoms with van der Waals surface area (Å²) in [6.45, 7) is 1.59. The van der Waals surface area contributed by atoms with Crippen molar-refractivity contribution in [2.75, 3.05) is 26.7 Å². The van der Waals surface area contributed by atoms with Crippen LogP contribution in [0, 0.1) is 5.92 Å². The van der Waals surface area contributed by atoms with E-state index in [4.69, 9.17) is 10.5 Å². The van der Waals surface area contributed by atoms with Gasteiger partial charge in [0.2, 0.25) is 10.0 Å². The fourth-order valence-electron chi connectivity index (χ4n) is 2.39. The van der Waals surface area contributed by atoms with Crippen molar-refractivity contribution in [1.29, 1.82) is 0 Å². The molecule has 0 spiro atoms. The van der Waals surface area contributed by atoms with Gasteiger partial charge in [0.05, 0.1) is 16.5 Å². The predicted molar refractivity (Wildman–Crippen MR) is 88.5 cm³/mol. The SMILES string of the molecule is COc1ccc(S(=O)(=O)N2CCCC(CN)C2)cc1Br.Cl. The second kappa shape index (κ2) is 7.78. The van der Waals surface area contributed by atoms with Crippen molar-refractivity contribution in [3.63, 3.8) is 0 Å². The van der Waals surface area contributed by atoms with Gasteiger partial charge in [-0.25, -0.2) is 8.42 Å². The largest absolute Gasteiger partial charge is 0.496 e. The highest BCUT2D eigenvalue weighted by molar-refractivity contribution is 9.10. The Hall–Kier alpha value is -0.340. The summed E-state index contributed by atoms with van der Waals surface area (Å²) in [7, 11) is -1.91. The first kappa shape index (κ1) is 18.7. The third kappa shape index (κ3) is 4.10. The normalized spacial score (nSPS) is 19.9. The summed E-state index contributed by atoms with van der Waals surface area (Å²) in [4.78, 5) is 0.280. The molecule has 1 heterocycles. The Morgan fingerprint density at radius 3 is 2.76 bits per heavy atom. The summed E-state index contributed by atoms with van der Waals surface area (Å²) in [6, 6.07) is 4.81. The smallest absolute Gasteiger partial charge is 0.243 e. The minimum atomic E-state index is -3.46. The van der Waals surface area contributed by atoms with Crippen LogP contribution < -0.4 is 10.5 Å². The third-order valence-corrected chi connectivity index (χ3v) is 6.06. The topological polar surface area (TPSA) is 72.6 Å². The van der Waals surface area contributed by atoms with Gasteiger partial charge in [-0.3, -0.25) is 0 Å². The molecule has 0 radical (unpaired) electrons. The van der Waals surface area contributed by atoms with E-state index >= 15 is 0 Å². The van der Waals surface area contributed by atoms with Crippen molar-refractivity contribution in [2.24, 2.45) is 11.7 Å². The molecule has 0 amide bonds. The molecule has 0 aliphatic carbocycles. The van der Waals surface area contributed by atoms with Gasteiger partial charge in [0, 0.05) is 13.1 Å². The monoisotopic (exact) mass is 398 g/mol. The average molecular weight is 400 g/mol. The molecule has 2 rings (SSSR count). The van der Waals surface area contributed by atoms with Gasteiger partial charge in [-0.05, 0) is 59.4 Å². The zero-order valence-corrected chi connectivity index (χ0v) is 15.0. The van der Waals surface area contributed by atoms with E-state index in [0.29, 0.717) is 29.9 Å². The standard InChI is InChI=1S/C13H19BrN2O3S.ClH/c1-19-13-5-4-11(7-12(13)14)20(17,18)16-6-2-3-10(8-15)9-16;/h4-5,7,10H,2-3,6,8-9,15H2,1H3;1H. The Morgan fingerprint density at radius 1 is 1.48 bits per heavy atom. The number of piperidine rings is 1. The molecule has 8 heteroatoms. The van der Waals surface area contributed by atoms with Crippen LogP contribution in [0.4, 0.5) is 0 Å². The highest BCUT2D eigenvalue weighted by Gasteiger charge is 2.30. The van der Waals surface area contributed by atoms with Gasteiger partial charge in [-0.1, -0.05) is 0 Å². The van der Waals surface area contributed by atoms with Crippen LogP contribution in [0.2, 0.25) is 0 Å². The maximum atomic E-state index is 12.6. The van der Waals surface area contributed by atoms with Crippen LogP contribution in [0.25, 0.3) is 0 Å². The van der Waals surface area contributed by atoms with Crippen LogP contribution in [0.1, 0.15) is 12.8 Å². The van der Waals surface area contributed by atoms with Crippen LogP contribution in [0.5, 0.6) is 5.75 Å². The molecule has 0 bridgehead atoms.